The van der Waals surface area contributed by atoms with Gasteiger partial charge in [0.1, 0.15) is 12.0 Å². The Hall–Kier alpha value is -1.56. The molecule has 0 spiro atoms. The van der Waals surface area contributed by atoms with Gasteiger partial charge in [-0.2, -0.15) is 0 Å². The fourth-order valence-corrected chi connectivity index (χ4v) is 3.84. The van der Waals surface area contributed by atoms with Crippen LogP contribution in [0.2, 0.25) is 0 Å². The predicted octanol–water partition coefficient (Wildman–Crippen LogP) is 5.03. The van der Waals surface area contributed by atoms with E-state index in [0.29, 0.717) is 29.5 Å². The molecule has 0 aliphatic heterocycles. The molecule has 4 N–H and O–H groups in total. The third-order valence-electron chi connectivity index (χ3n) is 5.48. The minimum atomic E-state index is -2.90. The van der Waals surface area contributed by atoms with E-state index < -0.39 is 18.6 Å². The Kier molecular flexibility index (Phi) is 7.50. The second kappa shape index (κ2) is 9.40. The van der Waals surface area contributed by atoms with Crippen LogP contribution in [0, 0.1) is 11.8 Å². The number of ether oxygens (including phenoxy) is 1. The second-order valence-corrected chi connectivity index (χ2v) is 7.59. The zero-order chi connectivity index (χ0) is 19.2. The number of aliphatic hydroxyl groups is 1. The third-order valence-corrected chi connectivity index (χ3v) is 5.48. The van der Waals surface area contributed by atoms with E-state index in [1.54, 1.807) is 18.2 Å². The van der Waals surface area contributed by atoms with Gasteiger partial charge >= 0.3 is 0 Å². The van der Waals surface area contributed by atoms with E-state index in [9.17, 15) is 13.9 Å². The van der Waals surface area contributed by atoms with E-state index in [4.69, 9.17) is 10.5 Å². The highest BCUT2D eigenvalue weighted by molar-refractivity contribution is 5.68. The Morgan fingerprint density at radius 3 is 2.77 bits per heavy atom. The molecule has 6 heteroatoms. The van der Waals surface area contributed by atoms with Gasteiger partial charge in [0, 0.05) is 12.5 Å². The van der Waals surface area contributed by atoms with Crippen molar-refractivity contribution in [2.24, 2.45) is 11.8 Å². The number of nitrogens with one attached hydrogen (secondary N) is 1. The topological polar surface area (TPSA) is 67.5 Å². The van der Waals surface area contributed by atoms with Crippen molar-refractivity contribution in [3.63, 3.8) is 0 Å². The molecule has 0 aromatic heterocycles. The molecule has 1 aliphatic rings. The number of anilines is 2. The van der Waals surface area contributed by atoms with Gasteiger partial charge < -0.3 is 20.9 Å². The van der Waals surface area contributed by atoms with E-state index in [1.807, 2.05) is 0 Å². The average Bonchev–Trinajstić information content (AvgIpc) is 2.98. The van der Waals surface area contributed by atoms with Crippen LogP contribution in [0.5, 0.6) is 5.75 Å². The monoisotopic (exact) mass is 370 g/mol. The number of hydrogen-bond acceptors (Lipinski definition) is 4. The highest BCUT2D eigenvalue weighted by Gasteiger charge is 2.32. The van der Waals surface area contributed by atoms with E-state index >= 15 is 0 Å². The van der Waals surface area contributed by atoms with Gasteiger partial charge in [0.15, 0.2) is 0 Å². The first-order valence-electron chi connectivity index (χ1n) is 9.56. The molecule has 1 fully saturated rings. The molecular weight excluding hydrogens is 338 g/mol. The molecule has 2 unspecified atom stereocenters. The fraction of sp³-hybridized carbons (Fsp3) is 0.700. The summed E-state index contributed by atoms with van der Waals surface area (Å²) in [5.74, 6) is -0.926. The zero-order valence-corrected chi connectivity index (χ0v) is 15.8. The van der Waals surface area contributed by atoms with Crippen LogP contribution in [0.1, 0.15) is 58.3 Å². The fourth-order valence-electron chi connectivity index (χ4n) is 3.84. The summed E-state index contributed by atoms with van der Waals surface area (Å²) in [6.07, 6.45) is 3.94. The predicted molar refractivity (Wildman–Crippen MR) is 102 cm³/mol. The smallest absolute Gasteiger partial charge is 0.252 e. The summed E-state index contributed by atoms with van der Waals surface area (Å²) in [7, 11) is 1.51. The van der Waals surface area contributed by atoms with Gasteiger partial charge in [-0.15, -0.1) is 0 Å². The molecule has 3 atom stereocenters. The molecule has 0 radical (unpaired) electrons. The lowest BCUT2D eigenvalue weighted by Gasteiger charge is -2.22. The number of halogens is 2. The first kappa shape index (κ1) is 20.7. The maximum absolute atomic E-state index is 14.1. The lowest BCUT2D eigenvalue weighted by molar-refractivity contribution is -0.0467. The minimum absolute atomic E-state index is 0.194. The molecule has 1 aromatic carbocycles. The van der Waals surface area contributed by atoms with Crippen LogP contribution in [0.25, 0.3) is 0 Å². The highest BCUT2D eigenvalue weighted by Crippen LogP contribution is 2.36. The Labute approximate surface area is 155 Å². The summed E-state index contributed by atoms with van der Waals surface area (Å²) in [6.45, 7) is 2.26. The third kappa shape index (κ3) is 6.31. The van der Waals surface area contributed by atoms with Gasteiger partial charge in [-0.25, -0.2) is 8.78 Å². The summed E-state index contributed by atoms with van der Waals surface area (Å²) < 4.78 is 33.4. The number of nitrogen functional groups attached to an aromatic ring is 1. The number of alkyl halides is 2. The SMILES string of the molecule is COc1ccc(N)c(NC(O)CC(F)(F)CCCC[C@@H]2CCCC2C)c1. The summed E-state index contributed by atoms with van der Waals surface area (Å²) in [5.41, 5.74) is 6.57. The number of unbranched alkanes of at least 4 members (excludes halogenated alkanes) is 1. The Bertz CT molecular complexity index is 569. The van der Waals surface area contributed by atoms with Crippen molar-refractivity contribution in [2.75, 3.05) is 18.2 Å². The number of hydrogen-bond donors (Lipinski definition) is 3. The molecule has 0 bridgehead atoms. The molecule has 2 rings (SSSR count). The first-order valence-corrected chi connectivity index (χ1v) is 9.56. The summed E-state index contributed by atoms with van der Waals surface area (Å²) in [5, 5.41) is 12.7. The molecule has 148 valence electrons. The van der Waals surface area contributed by atoms with Crippen LogP contribution >= 0.6 is 0 Å². The second-order valence-electron chi connectivity index (χ2n) is 7.59. The molecule has 0 heterocycles. The Morgan fingerprint density at radius 2 is 2.12 bits per heavy atom. The van der Waals surface area contributed by atoms with Crippen LogP contribution in [-0.4, -0.2) is 24.4 Å². The lowest BCUT2D eigenvalue weighted by atomic mass is 9.91. The van der Waals surface area contributed by atoms with Crippen LogP contribution < -0.4 is 15.8 Å². The maximum Gasteiger partial charge on any atom is 0.252 e. The number of rotatable bonds is 10. The van der Waals surface area contributed by atoms with E-state index in [2.05, 4.69) is 12.2 Å². The maximum atomic E-state index is 14.1. The largest absolute Gasteiger partial charge is 0.497 e. The number of benzene rings is 1. The lowest BCUT2D eigenvalue weighted by Crippen LogP contribution is -2.29. The van der Waals surface area contributed by atoms with Crippen molar-refractivity contribution in [3.8, 4) is 5.75 Å². The number of nitrogens with two attached hydrogens (primary N) is 1. The van der Waals surface area contributed by atoms with Crippen molar-refractivity contribution in [2.45, 2.75) is 70.4 Å². The normalized spacial score (nSPS) is 21.6. The van der Waals surface area contributed by atoms with Gasteiger partial charge in [0.25, 0.3) is 5.92 Å². The van der Waals surface area contributed by atoms with Crippen molar-refractivity contribution >= 4 is 11.4 Å². The standard InChI is InChI=1S/C20H32F2N2O2/c1-14-6-5-8-15(14)7-3-4-11-20(21,22)13-19(25)24-18-12-16(26-2)9-10-17(18)23/h9-10,12,14-15,19,24-25H,3-8,11,13,23H2,1-2H3/t14?,15-,19?/m1/s1. The average molecular weight is 370 g/mol. The first-order chi connectivity index (χ1) is 12.3. The molecule has 1 saturated carbocycles. The number of methoxy groups -OCH3 is 1. The van der Waals surface area contributed by atoms with Gasteiger partial charge in [-0.1, -0.05) is 39.0 Å². The quantitative estimate of drug-likeness (QED) is 0.307. The van der Waals surface area contributed by atoms with Gasteiger partial charge in [-0.05, 0) is 30.4 Å². The summed E-state index contributed by atoms with van der Waals surface area (Å²) in [4.78, 5) is 0. The molecule has 0 amide bonds. The molecule has 0 saturated heterocycles. The highest BCUT2D eigenvalue weighted by atomic mass is 19.3. The molecule has 26 heavy (non-hydrogen) atoms. The number of aliphatic hydroxyl groups excluding tert-OH is 1. The van der Waals surface area contributed by atoms with Crippen LogP contribution in [0.4, 0.5) is 20.2 Å². The van der Waals surface area contributed by atoms with Crippen LogP contribution in [0.15, 0.2) is 18.2 Å². The van der Waals surface area contributed by atoms with Gasteiger partial charge in [0.2, 0.25) is 0 Å². The Morgan fingerprint density at radius 1 is 1.35 bits per heavy atom. The van der Waals surface area contributed by atoms with Crippen molar-refractivity contribution in [3.05, 3.63) is 18.2 Å². The Balaban J connectivity index is 1.75. The van der Waals surface area contributed by atoms with Crippen molar-refractivity contribution in [1.82, 2.24) is 0 Å². The molecular formula is C20H32F2N2O2. The molecule has 1 aliphatic carbocycles. The molecule has 1 aromatic rings. The molecule has 4 nitrogen and oxygen atoms in total. The van der Waals surface area contributed by atoms with E-state index in [0.717, 1.165) is 18.8 Å². The zero-order valence-electron chi connectivity index (χ0n) is 15.8. The minimum Gasteiger partial charge on any atom is -0.497 e. The van der Waals surface area contributed by atoms with Crippen molar-refractivity contribution < 1.29 is 18.6 Å². The van der Waals surface area contributed by atoms with E-state index in [-0.39, 0.29) is 6.42 Å². The van der Waals surface area contributed by atoms with Crippen molar-refractivity contribution in [1.29, 1.82) is 0 Å². The van der Waals surface area contributed by atoms with Crippen LogP contribution in [0.3, 0.4) is 0 Å². The van der Waals surface area contributed by atoms with E-state index in [1.165, 1.54) is 26.4 Å². The van der Waals surface area contributed by atoms with Gasteiger partial charge in [-0.3, -0.25) is 0 Å². The van der Waals surface area contributed by atoms with Gasteiger partial charge in [0.05, 0.1) is 24.9 Å². The summed E-state index contributed by atoms with van der Waals surface area (Å²) in [6, 6.07) is 4.86. The van der Waals surface area contributed by atoms with Crippen LogP contribution in [-0.2, 0) is 0 Å². The summed E-state index contributed by atoms with van der Waals surface area (Å²) >= 11 is 0.